The molecule has 0 aliphatic carbocycles. The normalized spacial score (nSPS) is 12.9. The van der Waals surface area contributed by atoms with Crippen molar-refractivity contribution in [3.8, 4) is 6.07 Å². The number of hydrogen-bond acceptors (Lipinski definition) is 3. The second-order valence-corrected chi connectivity index (χ2v) is 3.14. The van der Waals surface area contributed by atoms with Crippen LogP contribution in [0.1, 0.15) is 13.3 Å². The van der Waals surface area contributed by atoms with Gasteiger partial charge in [0, 0.05) is 26.8 Å². The van der Waals surface area contributed by atoms with Gasteiger partial charge in [0.2, 0.25) is 0 Å². The highest BCUT2D eigenvalue weighted by Crippen LogP contribution is 1.96. The molecule has 1 atom stereocenters. The third-order valence-electron chi connectivity index (χ3n) is 1.69. The second kappa shape index (κ2) is 7.08. The molecule has 0 saturated carbocycles. The summed E-state index contributed by atoms with van der Waals surface area (Å²) < 4.78 is 4.93. The van der Waals surface area contributed by atoms with E-state index in [9.17, 15) is 0 Å². The van der Waals surface area contributed by atoms with Gasteiger partial charge >= 0.3 is 0 Å². The second-order valence-electron chi connectivity index (χ2n) is 3.14. The maximum Gasteiger partial charge on any atom is 0.0666 e. The van der Waals surface area contributed by atoms with Crippen molar-refractivity contribution in [3.63, 3.8) is 0 Å². The molecule has 0 aromatic heterocycles. The molecule has 70 valence electrons. The van der Waals surface area contributed by atoms with Crippen LogP contribution in [0.25, 0.3) is 0 Å². The molecule has 0 saturated heterocycles. The lowest BCUT2D eigenvalue weighted by Crippen LogP contribution is -2.25. The highest BCUT2D eigenvalue weighted by Gasteiger charge is 2.03. The Morgan fingerprint density at radius 1 is 1.58 bits per heavy atom. The Balaban J connectivity index is 3.34. The summed E-state index contributed by atoms with van der Waals surface area (Å²) in [7, 11) is 3.74. The summed E-state index contributed by atoms with van der Waals surface area (Å²) in [6.07, 6.45) is 1.03. The Bertz CT molecular complexity index is 142. The molecule has 0 amide bonds. The van der Waals surface area contributed by atoms with Crippen LogP contribution in [-0.2, 0) is 4.74 Å². The summed E-state index contributed by atoms with van der Waals surface area (Å²) >= 11 is 0. The van der Waals surface area contributed by atoms with E-state index in [0.717, 1.165) is 26.1 Å². The fourth-order valence-corrected chi connectivity index (χ4v) is 1.08. The van der Waals surface area contributed by atoms with E-state index in [2.05, 4.69) is 11.0 Å². The number of nitriles is 1. The summed E-state index contributed by atoms with van der Waals surface area (Å²) in [5.41, 5.74) is 0. The summed E-state index contributed by atoms with van der Waals surface area (Å²) in [6.45, 7) is 4.58. The topological polar surface area (TPSA) is 36.3 Å². The maximum atomic E-state index is 8.55. The van der Waals surface area contributed by atoms with Crippen LogP contribution in [0.2, 0.25) is 0 Å². The lowest BCUT2D eigenvalue weighted by atomic mass is 10.2. The molecule has 0 rings (SSSR count). The highest BCUT2D eigenvalue weighted by molar-refractivity contribution is 4.80. The first-order valence-corrected chi connectivity index (χ1v) is 4.27. The average Bonchev–Trinajstić information content (AvgIpc) is 2.05. The molecule has 0 spiro atoms. The van der Waals surface area contributed by atoms with Crippen LogP contribution in [0.15, 0.2) is 0 Å². The zero-order chi connectivity index (χ0) is 9.40. The summed E-state index contributed by atoms with van der Waals surface area (Å²) in [5.74, 6) is 0.123. The van der Waals surface area contributed by atoms with E-state index in [-0.39, 0.29) is 5.92 Å². The summed E-state index contributed by atoms with van der Waals surface area (Å²) in [6, 6.07) is 2.21. The number of nitrogens with zero attached hydrogens (tertiary/aromatic N) is 2. The van der Waals surface area contributed by atoms with Gasteiger partial charge in [-0.3, -0.25) is 0 Å². The molecular weight excluding hydrogens is 152 g/mol. The first-order chi connectivity index (χ1) is 5.70. The Labute approximate surface area is 74.9 Å². The smallest absolute Gasteiger partial charge is 0.0666 e. The predicted molar refractivity (Wildman–Crippen MR) is 48.8 cm³/mol. The minimum absolute atomic E-state index is 0.123. The van der Waals surface area contributed by atoms with Crippen LogP contribution >= 0.6 is 0 Å². The molecule has 0 fully saturated rings. The van der Waals surface area contributed by atoms with E-state index in [1.54, 1.807) is 7.11 Å². The fourth-order valence-electron chi connectivity index (χ4n) is 1.08. The molecular formula is C9H18N2O. The van der Waals surface area contributed by atoms with E-state index >= 15 is 0 Å². The van der Waals surface area contributed by atoms with Crippen molar-refractivity contribution in [1.29, 1.82) is 5.26 Å². The zero-order valence-electron chi connectivity index (χ0n) is 8.21. The Hall–Kier alpha value is -0.590. The van der Waals surface area contributed by atoms with Gasteiger partial charge < -0.3 is 9.64 Å². The molecule has 0 aromatic rings. The molecule has 0 bridgehead atoms. The van der Waals surface area contributed by atoms with Crippen molar-refractivity contribution in [2.45, 2.75) is 13.3 Å². The van der Waals surface area contributed by atoms with Gasteiger partial charge in [-0.1, -0.05) is 0 Å². The minimum Gasteiger partial charge on any atom is -0.385 e. The van der Waals surface area contributed by atoms with Crippen molar-refractivity contribution in [1.82, 2.24) is 4.90 Å². The largest absolute Gasteiger partial charge is 0.385 e. The monoisotopic (exact) mass is 170 g/mol. The van der Waals surface area contributed by atoms with Gasteiger partial charge in [-0.2, -0.15) is 5.26 Å². The maximum absolute atomic E-state index is 8.55. The van der Waals surface area contributed by atoms with Crippen molar-refractivity contribution < 1.29 is 4.74 Å². The first-order valence-electron chi connectivity index (χ1n) is 4.27. The fraction of sp³-hybridized carbons (Fsp3) is 0.889. The molecule has 0 aliphatic heterocycles. The van der Waals surface area contributed by atoms with E-state index in [0.29, 0.717) is 0 Å². The van der Waals surface area contributed by atoms with Crippen molar-refractivity contribution >= 4 is 0 Å². The number of ether oxygens (including phenoxy) is 1. The number of methoxy groups -OCH3 is 1. The van der Waals surface area contributed by atoms with Gasteiger partial charge in [-0.15, -0.1) is 0 Å². The van der Waals surface area contributed by atoms with Crippen molar-refractivity contribution in [2.75, 3.05) is 33.9 Å². The molecule has 12 heavy (non-hydrogen) atoms. The average molecular weight is 170 g/mol. The van der Waals surface area contributed by atoms with Crippen molar-refractivity contribution in [2.24, 2.45) is 5.92 Å². The molecule has 1 unspecified atom stereocenters. The van der Waals surface area contributed by atoms with Crippen LogP contribution in [0.5, 0.6) is 0 Å². The first kappa shape index (κ1) is 11.4. The summed E-state index contributed by atoms with van der Waals surface area (Å²) in [4.78, 5) is 2.16. The molecule has 3 heteroatoms. The van der Waals surface area contributed by atoms with Gasteiger partial charge in [0.1, 0.15) is 0 Å². The lowest BCUT2D eigenvalue weighted by molar-refractivity contribution is 0.177. The Morgan fingerprint density at radius 2 is 2.25 bits per heavy atom. The standard InChI is InChI=1S/C9H18N2O/c1-9(7-10)8-11(2)5-4-6-12-3/h9H,4-6,8H2,1-3H3. The minimum atomic E-state index is 0.123. The molecule has 0 aliphatic rings. The van der Waals surface area contributed by atoms with Crippen LogP contribution < -0.4 is 0 Å². The molecule has 0 N–H and O–H groups in total. The number of rotatable bonds is 6. The lowest BCUT2D eigenvalue weighted by Gasteiger charge is -2.16. The van der Waals surface area contributed by atoms with Crippen molar-refractivity contribution in [3.05, 3.63) is 0 Å². The third kappa shape index (κ3) is 6.14. The highest BCUT2D eigenvalue weighted by atomic mass is 16.5. The molecule has 3 nitrogen and oxygen atoms in total. The zero-order valence-corrected chi connectivity index (χ0v) is 8.21. The van der Waals surface area contributed by atoms with Crippen LogP contribution in [0.4, 0.5) is 0 Å². The summed E-state index contributed by atoms with van der Waals surface area (Å²) in [5, 5.41) is 8.55. The van der Waals surface area contributed by atoms with Gasteiger partial charge in [0.25, 0.3) is 0 Å². The van der Waals surface area contributed by atoms with Gasteiger partial charge in [-0.05, 0) is 20.4 Å². The van der Waals surface area contributed by atoms with Gasteiger partial charge in [0.15, 0.2) is 0 Å². The van der Waals surface area contributed by atoms with Gasteiger partial charge in [-0.25, -0.2) is 0 Å². The predicted octanol–water partition coefficient (Wildman–Crippen LogP) is 1.11. The molecule has 0 radical (unpaired) electrons. The SMILES string of the molecule is COCCCN(C)CC(C)C#N. The van der Waals surface area contributed by atoms with Crippen LogP contribution in [0, 0.1) is 17.2 Å². The van der Waals surface area contributed by atoms with E-state index in [4.69, 9.17) is 10.00 Å². The molecule has 0 heterocycles. The molecule has 0 aromatic carbocycles. The third-order valence-corrected chi connectivity index (χ3v) is 1.69. The van der Waals surface area contributed by atoms with Crippen LogP contribution in [0.3, 0.4) is 0 Å². The quantitative estimate of drug-likeness (QED) is 0.560. The Kier molecular flexibility index (Phi) is 6.73. The van der Waals surface area contributed by atoms with Gasteiger partial charge in [0.05, 0.1) is 12.0 Å². The van der Waals surface area contributed by atoms with E-state index in [1.165, 1.54) is 0 Å². The Morgan fingerprint density at radius 3 is 2.75 bits per heavy atom. The van der Waals surface area contributed by atoms with Crippen LogP contribution in [-0.4, -0.2) is 38.8 Å². The van der Waals surface area contributed by atoms with E-state index in [1.807, 2.05) is 14.0 Å². The van der Waals surface area contributed by atoms with E-state index < -0.39 is 0 Å². The number of hydrogen-bond donors (Lipinski definition) is 0.